The third-order valence-electron chi connectivity index (χ3n) is 1.73. The highest BCUT2D eigenvalue weighted by Crippen LogP contribution is 2.17. The van der Waals surface area contributed by atoms with Crippen LogP contribution in [0, 0.1) is 11.3 Å². The van der Waals surface area contributed by atoms with Gasteiger partial charge in [0.05, 0.1) is 6.07 Å². The average Bonchev–Trinajstić information content (AvgIpc) is 2.34. The van der Waals surface area contributed by atoms with E-state index in [0.717, 1.165) is 5.56 Å². The Hall–Kier alpha value is -1.80. The Morgan fingerprint density at radius 2 is 2.50 bits per heavy atom. The van der Waals surface area contributed by atoms with Crippen LogP contribution in [-0.4, -0.2) is 22.8 Å². The Morgan fingerprint density at radius 1 is 1.69 bits per heavy atom. The van der Waals surface area contributed by atoms with Crippen molar-refractivity contribution in [3.63, 3.8) is 0 Å². The molecule has 0 bridgehead atoms. The van der Waals surface area contributed by atoms with Gasteiger partial charge in [-0.2, -0.15) is 5.26 Å². The molecule has 1 aromatic rings. The van der Waals surface area contributed by atoms with Crippen LogP contribution in [0.25, 0.3) is 6.08 Å². The maximum absolute atomic E-state index is 8.48. The molecule has 0 aromatic carbocycles. The van der Waals surface area contributed by atoms with Crippen LogP contribution >= 0.6 is 11.8 Å². The molecule has 0 saturated carbocycles. The Kier molecular flexibility index (Phi) is 5.09. The SMILES string of the molecule is C=CCNc1nc(SC)ncc1C=CC#N. The summed E-state index contributed by atoms with van der Waals surface area (Å²) in [5.41, 5.74) is 0.793. The Morgan fingerprint density at radius 3 is 3.12 bits per heavy atom. The van der Waals surface area contributed by atoms with Gasteiger partial charge < -0.3 is 5.32 Å². The number of allylic oxidation sites excluding steroid dienone is 1. The highest BCUT2D eigenvalue weighted by Gasteiger charge is 2.03. The van der Waals surface area contributed by atoms with Crippen molar-refractivity contribution in [1.29, 1.82) is 5.26 Å². The van der Waals surface area contributed by atoms with Gasteiger partial charge in [0.25, 0.3) is 0 Å². The number of aromatic nitrogens is 2. The molecule has 82 valence electrons. The fourth-order valence-corrected chi connectivity index (χ4v) is 1.37. The quantitative estimate of drug-likeness (QED) is 0.365. The smallest absolute Gasteiger partial charge is 0.189 e. The van der Waals surface area contributed by atoms with E-state index >= 15 is 0 Å². The predicted molar refractivity (Wildman–Crippen MR) is 67.1 cm³/mol. The minimum atomic E-state index is 0.623. The maximum Gasteiger partial charge on any atom is 0.189 e. The molecule has 1 N–H and O–H groups in total. The molecule has 0 aliphatic rings. The topological polar surface area (TPSA) is 61.6 Å². The summed E-state index contributed by atoms with van der Waals surface area (Å²) in [4.78, 5) is 8.46. The van der Waals surface area contributed by atoms with Crippen LogP contribution in [0.1, 0.15) is 5.56 Å². The zero-order valence-electron chi connectivity index (χ0n) is 8.97. The van der Waals surface area contributed by atoms with Gasteiger partial charge in [0.15, 0.2) is 5.16 Å². The van der Waals surface area contributed by atoms with Crippen LogP contribution in [0.2, 0.25) is 0 Å². The number of nitriles is 1. The van der Waals surface area contributed by atoms with Crippen LogP contribution in [0.5, 0.6) is 0 Å². The third-order valence-corrected chi connectivity index (χ3v) is 2.29. The monoisotopic (exact) mass is 232 g/mol. The van der Waals surface area contributed by atoms with E-state index in [0.29, 0.717) is 17.5 Å². The molecule has 0 spiro atoms. The Bertz CT molecular complexity index is 434. The standard InChI is InChI=1S/C11H12N4S/c1-3-7-13-10-9(5-4-6-12)8-14-11(15-10)16-2/h3-5,8H,1,7H2,2H3,(H,13,14,15). The van der Waals surface area contributed by atoms with E-state index in [4.69, 9.17) is 5.26 Å². The molecule has 0 unspecified atom stereocenters. The van der Waals surface area contributed by atoms with Crippen molar-refractivity contribution < 1.29 is 0 Å². The number of nitrogens with zero attached hydrogens (tertiary/aromatic N) is 3. The summed E-state index contributed by atoms with van der Waals surface area (Å²) < 4.78 is 0. The van der Waals surface area contributed by atoms with E-state index in [9.17, 15) is 0 Å². The molecule has 0 amide bonds. The molecule has 4 nitrogen and oxygen atoms in total. The molecular formula is C11H12N4S. The number of thioether (sulfide) groups is 1. The van der Waals surface area contributed by atoms with Gasteiger partial charge in [0.1, 0.15) is 5.82 Å². The van der Waals surface area contributed by atoms with E-state index in [1.54, 1.807) is 18.3 Å². The summed E-state index contributed by atoms with van der Waals surface area (Å²) in [5, 5.41) is 12.3. The van der Waals surface area contributed by atoms with E-state index in [1.807, 2.05) is 12.3 Å². The zero-order chi connectivity index (χ0) is 11.8. The van der Waals surface area contributed by atoms with E-state index in [-0.39, 0.29) is 0 Å². The summed E-state index contributed by atoms with van der Waals surface area (Å²) >= 11 is 1.47. The van der Waals surface area contributed by atoms with Crippen molar-refractivity contribution in [3.8, 4) is 6.07 Å². The number of anilines is 1. The fourth-order valence-electron chi connectivity index (χ4n) is 1.03. The van der Waals surface area contributed by atoms with Crippen LogP contribution in [0.3, 0.4) is 0 Å². The second-order valence-electron chi connectivity index (χ2n) is 2.79. The van der Waals surface area contributed by atoms with E-state index in [1.165, 1.54) is 17.8 Å². The first-order valence-corrected chi connectivity index (χ1v) is 5.86. The largest absolute Gasteiger partial charge is 0.366 e. The molecule has 5 heteroatoms. The average molecular weight is 232 g/mol. The summed E-state index contributed by atoms with van der Waals surface area (Å²) in [7, 11) is 0. The molecular weight excluding hydrogens is 220 g/mol. The molecule has 0 atom stereocenters. The second-order valence-corrected chi connectivity index (χ2v) is 3.57. The Balaban J connectivity index is 3.01. The minimum Gasteiger partial charge on any atom is -0.366 e. The van der Waals surface area contributed by atoms with E-state index in [2.05, 4.69) is 21.9 Å². The van der Waals surface area contributed by atoms with Crippen LogP contribution < -0.4 is 5.32 Å². The summed E-state index contributed by atoms with van der Waals surface area (Å²) in [6.07, 6.45) is 8.43. The summed E-state index contributed by atoms with van der Waals surface area (Å²) in [6.45, 7) is 4.25. The number of hydrogen-bond acceptors (Lipinski definition) is 5. The molecule has 0 fully saturated rings. The Labute approximate surface area is 99.1 Å². The molecule has 1 heterocycles. The van der Waals surface area contributed by atoms with Gasteiger partial charge in [-0.3, -0.25) is 0 Å². The third kappa shape index (κ3) is 3.41. The molecule has 1 rings (SSSR count). The zero-order valence-corrected chi connectivity index (χ0v) is 9.79. The van der Waals surface area contributed by atoms with Gasteiger partial charge >= 0.3 is 0 Å². The van der Waals surface area contributed by atoms with Gasteiger partial charge in [-0.05, 0) is 12.3 Å². The second kappa shape index (κ2) is 6.64. The highest BCUT2D eigenvalue weighted by atomic mass is 32.2. The van der Waals surface area contributed by atoms with Crippen molar-refractivity contribution in [2.75, 3.05) is 18.1 Å². The first kappa shape index (κ1) is 12.3. The van der Waals surface area contributed by atoms with Gasteiger partial charge in [-0.25, -0.2) is 9.97 Å². The van der Waals surface area contributed by atoms with Crippen molar-refractivity contribution in [2.24, 2.45) is 0 Å². The van der Waals surface area contributed by atoms with E-state index < -0.39 is 0 Å². The van der Waals surface area contributed by atoms with Gasteiger partial charge in [-0.1, -0.05) is 17.8 Å². The lowest BCUT2D eigenvalue weighted by Gasteiger charge is -2.07. The lowest BCUT2D eigenvalue weighted by molar-refractivity contribution is 0.963. The number of hydrogen-bond donors (Lipinski definition) is 1. The molecule has 0 radical (unpaired) electrons. The van der Waals surface area contributed by atoms with Crippen LogP contribution in [0.4, 0.5) is 5.82 Å². The first-order valence-electron chi connectivity index (χ1n) is 4.63. The molecule has 16 heavy (non-hydrogen) atoms. The van der Waals surface area contributed by atoms with Crippen LogP contribution in [-0.2, 0) is 0 Å². The summed E-state index contributed by atoms with van der Waals surface area (Å²) in [5.74, 6) is 0.714. The number of nitrogens with one attached hydrogen (secondary N) is 1. The minimum absolute atomic E-state index is 0.623. The first-order chi connectivity index (χ1) is 7.81. The lowest BCUT2D eigenvalue weighted by atomic mass is 10.3. The summed E-state index contributed by atoms with van der Waals surface area (Å²) in [6, 6.07) is 1.94. The van der Waals surface area contributed by atoms with Crippen molar-refractivity contribution in [3.05, 3.63) is 30.5 Å². The fraction of sp³-hybridized carbons (Fsp3) is 0.182. The van der Waals surface area contributed by atoms with Gasteiger partial charge in [0.2, 0.25) is 0 Å². The van der Waals surface area contributed by atoms with Crippen molar-refractivity contribution in [2.45, 2.75) is 5.16 Å². The number of rotatable bonds is 5. The molecule has 0 aliphatic carbocycles. The highest BCUT2D eigenvalue weighted by molar-refractivity contribution is 7.98. The molecule has 0 aliphatic heterocycles. The van der Waals surface area contributed by atoms with Gasteiger partial charge in [-0.15, -0.1) is 6.58 Å². The predicted octanol–water partition coefficient (Wildman–Crippen LogP) is 2.33. The normalized spacial score (nSPS) is 10.0. The van der Waals surface area contributed by atoms with Crippen molar-refractivity contribution >= 4 is 23.7 Å². The molecule has 0 saturated heterocycles. The van der Waals surface area contributed by atoms with Crippen molar-refractivity contribution in [1.82, 2.24) is 9.97 Å². The lowest BCUT2D eigenvalue weighted by Crippen LogP contribution is -2.04. The maximum atomic E-state index is 8.48. The van der Waals surface area contributed by atoms with Crippen LogP contribution in [0.15, 0.2) is 30.1 Å². The van der Waals surface area contributed by atoms with Gasteiger partial charge in [0, 0.05) is 24.4 Å². The molecule has 1 aromatic heterocycles.